The van der Waals surface area contributed by atoms with Crippen molar-refractivity contribution in [2.75, 3.05) is 19.8 Å². The third kappa shape index (κ3) is 2.65. The molecule has 1 fully saturated rings. The molecule has 2 aromatic heterocycles. The Kier molecular flexibility index (Phi) is 3.93. The number of nitrogens with zero attached hydrogens (tertiary/aromatic N) is 2. The molecule has 1 aliphatic heterocycles. The molecule has 4 rings (SSSR count). The summed E-state index contributed by atoms with van der Waals surface area (Å²) < 4.78 is 10.6. The molecule has 24 heavy (non-hydrogen) atoms. The molecule has 1 atom stereocenters. The summed E-state index contributed by atoms with van der Waals surface area (Å²) >= 11 is 0. The van der Waals surface area contributed by atoms with Gasteiger partial charge in [0.15, 0.2) is 17.2 Å². The number of furan rings is 1. The zero-order valence-corrected chi connectivity index (χ0v) is 13.3. The highest BCUT2D eigenvalue weighted by Crippen LogP contribution is 2.25. The van der Waals surface area contributed by atoms with Crippen LogP contribution in [0, 0.1) is 0 Å². The molecule has 0 radical (unpaired) electrons. The van der Waals surface area contributed by atoms with Gasteiger partial charge in [-0.1, -0.05) is 0 Å². The molecule has 126 valence electrons. The van der Waals surface area contributed by atoms with Gasteiger partial charge in [0.25, 0.3) is 5.91 Å². The Morgan fingerprint density at radius 3 is 3.12 bits per heavy atom. The van der Waals surface area contributed by atoms with E-state index in [1.807, 2.05) is 0 Å². The number of Topliss-reactive ketones (excluding diaryl/α,β-unsaturated/α-hetero) is 1. The highest BCUT2D eigenvalue weighted by atomic mass is 16.5. The SMILES string of the molecule is O=C(C[C@@H]1COCCN1C(=O)c1n[nH]c2c1CCC2)c1ccco1. The third-order valence-electron chi connectivity index (χ3n) is 4.71. The summed E-state index contributed by atoms with van der Waals surface area (Å²) in [5.74, 6) is 0.0733. The molecular formula is C17H19N3O4. The van der Waals surface area contributed by atoms with E-state index in [1.54, 1.807) is 17.0 Å². The second-order valence-electron chi connectivity index (χ2n) is 6.21. The molecule has 1 aliphatic carbocycles. The number of hydrogen-bond donors (Lipinski definition) is 1. The first-order valence-corrected chi connectivity index (χ1v) is 8.25. The summed E-state index contributed by atoms with van der Waals surface area (Å²) in [5, 5.41) is 7.19. The van der Waals surface area contributed by atoms with Gasteiger partial charge in [-0.2, -0.15) is 5.10 Å². The van der Waals surface area contributed by atoms with Crippen molar-refractivity contribution < 1.29 is 18.7 Å². The van der Waals surface area contributed by atoms with Crippen molar-refractivity contribution in [3.63, 3.8) is 0 Å². The summed E-state index contributed by atoms with van der Waals surface area (Å²) in [4.78, 5) is 27.0. The summed E-state index contributed by atoms with van der Waals surface area (Å²) in [6, 6.07) is 3.02. The number of fused-ring (bicyclic) bond motifs is 1. The molecule has 3 heterocycles. The van der Waals surface area contributed by atoms with E-state index in [-0.39, 0.29) is 24.2 Å². The minimum atomic E-state index is -0.294. The van der Waals surface area contributed by atoms with Crippen LogP contribution in [0.25, 0.3) is 0 Å². The highest BCUT2D eigenvalue weighted by molar-refractivity contribution is 5.96. The number of amides is 1. The number of ketones is 1. The van der Waals surface area contributed by atoms with Crippen LogP contribution in [0.1, 0.15) is 45.1 Å². The van der Waals surface area contributed by atoms with Crippen LogP contribution in [0.3, 0.4) is 0 Å². The molecule has 1 saturated heterocycles. The second-order valence-corrected chi connectivity index (χ2v) is 6.21. The summed E-state index contributed by atoms with van der Waals surface area (Å²) in [6.07, 6.45) is 4.53. The third-order valence-corrected chi connectivity index (χ3v) is 4.71. The molecule has 0 aromatic carbocycles. The number of aryl methyl sites for hydroxylation is 1. The summed E-state index contributed by atoms with van der Waals surface area (Å²) in [6.45, 7) is 1.30. The van der Waals surface area contributed by atoms with E-state index < -0.39 is 0 Å². The van der Waals surface area contributed by atoms with Crippen molar-refractivity contribution in [2.24, 2.45) is 0 Å². The first-order chi connectivity index (χ1) is 11.7. The van der Waals surface area contributed by atoms with Crippen molar-refractivity contribution in [1.82, 2.24) is 15.1 Å². The van der Waals surface area contributed by atoms with E-state index in [0.717, 1.165) is 30.5 Å². The smallest absolute Gasteiger partial charge is 0.275 e. The van der Waals surface area contributed by atoms with E-state index in [1.165, 1.54) is 6.26 Å². The lowest BCUT2D eigenvalue weighted by Gasteiger charge is -2.34. The molecule has 0 saturated carbocycles. The maximum absolute atomic E-state index is 13.0. The van der Waals surface area contributed by atoms with E-state index in [2.05, 4.69) is 10.2 Å². The van der Waals surface area contributed by atoms with Gasteiger partial charge in [-0.25, -0.2) is 0 Å². The fourth-order valence-corrected chi connectivity index (χ4v) is 3.48. The average molecular weight is 329 g/mol. The molecule has 0 spiro atoms. The number of aromatic nitrogens is 2. The van der Waals surface area contributed by atoms with Crippen LogP contribution >= 0.6 is 0 Å². The Balaban J connectivity index is 1.53. The number of ether oxygens (including phenoxy) is 1. The van der Waals surface area contributed by atoms with E-state index >= 15 is 0 Å². The quantitative estimate of drug-likeness (QED) is 0.861. The van der Waals surface area contributed by atoms with Crippen LogP contribution in [0.2, 0.25) is 0 Å². The Labute approximate surface area is 139 Å². The van der Waals surface area contributed by atoms with Gasteiger partial charge < -0.3 is 14.1 Å². The van der Waals surface area contributed by atoms with E-state index in [4.69, 9.17) is 9.15 Å². The summed E-state index contributed by atoms with van der Waals surface area (Å²) in [7, 11) is 0. The van der Waals surface area contributed by atoms with Gasteiger partial charge in [0.2, 0.25) is 0 Å². The van der Waals surface area contributed by atoms with Crippen LogP contribution < -0.4 is 0 Å². The minimum Gasteiger partial charge on any atom is -0.461 e. The lowest BCUT2D eigenvalue weighted by molar-refractivity contribution is -0.00338. The fourth-order valence-electron chi connectivity index (χ4n) is 3.48. The lowest BCUT2D eigenvalue weighted by atomic mass is 10.1. The highest BCUT2D eigenvalue weighted by Gasteiger charge is 2.34. The Bertz CT molecular complexity index is 750. The van der Waals surface area contributed by atoms with Crippen molar-refractivity contribution in [3.8, 4) is 0 Å². The van der Waals surface area contributed by atoms with Crippen LogP contribution in [0.5, 0.6) is 0 Å². The largest absolute Gasteiger partial charge is 0.461 e. The first-order valence-electron chi connectivity index (χ1n) is 8.25. The molecule has 2 aromatic rings. The zero-order chi connectivity index (χ0) is 16.5. The molecule has 1 amide bonds. The number of H-pyrrole nitrogens is 1. The van der Waals surface area contributed by atoms with Crippen LogP contribution in [-0.2, 0) is 17.6 Å². The van der Waals surface area contributed by atoms with Gasteiger partial charge in [-0.05, 0) is 31.4 Å². The van der Waals surface area contributed by atoms with Gasteiger partial charge in [0, 0.05) is 24.2 Å². The predicted octanol–water partition coefficient (Wildman–Crippen LogP) is 1.61. The fraction of sp³-hybridized carbons (Fsp3) is 0.471. The monoisotopic (exact) mass is 329 g/mol. The first kappa shape index (κ1) is 15.1. The number of hydrogen-bond acceptors (Lipinski definition) is 5. The number of aromatic amines is 1. The Hall–Kier alpha value is -2.41. The van der Waals surface area contributed by atoms with Crippen LogP contribution in [0.15, 0.2) is 22.8 Å². The summed E-state index contributed by atoms with van der Waals surface area (Å²) in [5.41, 5.74) is 2.59. The van der Waals surface area contributed by atoms with Crippen LogP contribution in [0.4, 0.5) is 0 Å². The number of morpholine rings is 1. The Morgan fingerprint density at radius 1 is 1.38 bits per heavy atom. The number of nitrogens with one attached hydrogen (secondary N) is 1. The van der Waals surface area contributed by atoms with Gasteiger partial charge in [-0.3, -0.25) is 14.7 Å². The van der Waals surface area contributed by atoms with Crippen molar-refractivity contribution >= 4 is 11.7 Å². The predicted molar refractivity (Wildman–Crippen MR) is 83.9 cm³/mol. The standard InChI is InChI=1S/C17H19N3O4/c21-14(15-5-2-7-24-15)9-11-10-23-8-6-20(11)17(22)16-12-3-1-4-13(12)18-19-16/h2,5,7,11H,1,3-4,6,8-10H2,(H,18,19)/t11-/m1/s1. The zero-order valence-electron chi connectivity index (χ0n) is 13.3. The molecular weight excluding hydrogens is 310 g/mol. The number of carbonyl (C=O) groups excluding carboxylic acids is 2. The van der Waals surface area contributed by atoms with Crippen molar-refractivity contribution in [1.29, 1.82) is 0 Å². The molecule has 0 unspecified atom stereocenters. The molecule has 1 N–H and O–H groups in total. The van der Waals surface area contributed by atoms with Crippen LogP contribution in [-0.4, -0.2) is 52.6 Å². The minimum absolute atomic E-state index is 0.116. The van der Waals surface area contributed by atoms with Gasteiger partial charge in [0.1, 0.15) is 0 Å². The Morgan fingerprint density at radius 2 is 2.29 bits per heavy atom. The maximum atomic E-state index is 13.0. The van der Waals surface area contributed by atoms with E-state index in [9.17, 15) is 9.59 Å². The van der Waals surface area contributed by atoms with Gasteiger partial charge >= 0.3 is 0 Å². The number of carbonyl (C=O) groups is 2. The molecule has 2 aliphatic rings. The molecule has 7 heteroatoms. The molecule has 7 nitrogen and oxygen atoms in total. The van der Waals surface area contributed by atoms with Crippen molar-refractivity contribution in [2.45, 2.75) is 31.7 Å². The second kappa shape index (κ2) is 6.24. The van der Waals surface area contributed by atoms with E-state index in [0.29, 0.717) is 31.2 Å². The van der Waals surface area contributed by atoms with Gasteiger partial charge in [-0.15, -0.1) is 0 Å². The van der Waals surface area contributed by atoms with Crippen molar-refractivity contribution in [3.05, 3.63) is 41.1 Å². The normalized spacial score (nSPS) is 20.2. The van der Waals surface area contributed by atoms with Gasteiger partial charge in [0.05, 0.1) is 25.5 Å². The maximum Gasteiger partial charge on any atom is 0.275 e. The average Bonchev–Trinajstić information content (AvgIpc) is 3.32. The number of rotatable bonds is 4. The molecule has 0 bridgehead atoms. The topological polar surface area (TPSA) is 88.4 Å². The lowest BCUT2D eigenvalue weighted by Crippen LogP contribution is -2.49.